The Hall–Kier alpha value is -2.02. The van der Waals surface area contributed by atoms with E-state index in [1.165, 1.54) is 12.1 Å². The Labute approximate surface area is 115 Å². The lowest BCUT2D eigenvalue weighted by molar-refractivity contribution is 0.569. The predicted molar refractivity (Wildman–Crippen MR) is 75.4 cm³/mol. The molecule has 1 aromatic heterocycles. The second kappa shape index (κ2) is 6.24. The number of nitrogens with zero attached hydrogens (tertiary/aromatic N) is 3. The number of thiocarbonyl (C=S) groups is 1. The van der Waals surface area contributed by atoms with Crippen molar-refractivity contribution in [3.8, 4) is 0 Å². The van der Waals surface area contributed by atoms with Gasteiger partial charge in [-0.15, -0.1) is 5.10 Å². The molecular formula is C12H14FN5S. The van der Waals surface area contributed by atoms with E-state index in [4.69, 9.17) is 18.0 Å². The number of aryl methyl sites for hydroxylation is 1. The lowest BCUT2D eigenvalue weighted by atomic mass is 10.1. The summed E-state index contributed by atoms with van der Waals surface area (Å²) < 4.78 is 14.9. The van der Waals surface area contributed by atoms with E-state index in [2.05, 4.69) is 15.6 Å². The molecule has 2 aromatic rings. The van der Waals surface area contributed by atoms with E-state index >= 15 is 0 Å². The van der Waals surface area contributed by atoms with Crippen molar-refractivity contribution in [3.05, 3.63) is 42.0 Å². The van der Waals surface area contributed by atoms with Crippen molar-refractivity contribution in [2.24, 2.45) is 5.73 Å². The van der Waals surface area contributed by atoms with Crippen LogP contribution in [-0.4, -0.2) is 26.5 Å². The standard InChI is InChI=1S/C12H14FN5S/c13-9-2-3-11(10(8-9)12(14)19)15-4-1-6-18-7-5-16-17-18/h2-3,5,7-8,15H,1,4,6H2,(H2,14,19). The average molecular weight is 279 g/mol. The van der Waals surface area contributed by atoms with Crippen LogP contribution in [0.1, 0.15) is 12.0 Å². The van der Waals surface area contributed by atoms with Crippen LogP contribution in [0, 0.1) is 5.82 Å². The van der Waals surface area contributed by atoms with Crippen LogP contribution in [0.25, 0.3) is 0 Å². The first-order chi connectivity index (χ1) is 9.16. The molecule has 1 heterocycles. The fourth-order valence-corrected chi connectivity index (χ4v) is 1.86. The Balaban J connectivity index is 1.90. The number of nitrogens with two attached hydrogens (primary N) is 1. The van der Waals surface area contributed by atoms with E-state index < -0.39 is 0 Å². The molecule has 0 fully saturated rings. The van der Waals surface area contributed by atoms with Crippen LogP contribution in [-0.2, 0) is 6.54 Å². The smallest absolute Gasteiger partial charge is 0.124 e. The normalized spacial score (nSPS) is 10.4. The molecule has 0 aliphatic carbocycles. The van der Waals surface area contributed by atoms with Crippen LogP contribution in [0.5, 0.6) is 0 Å². The van der Waals surface area contributed by atoms with Crippen molar-refractivity contribution in [1.29, 1.82) is 0 Å². The molecule has 0 spiro atoms. The minimum Gasteiger partial charge on any atom is -0.389 e. The molecule has 0 amide bonds. The highest BCUT2D eigenvalue weighted by Crippen LogP contribution is 2.16. The highest BCUT2D eigenvalue weighted by molar-refractivity contribution is 7.80. The van der Waals surface area contributed by atoms with Gasteiger partial charge in [-0.05, 0) is 24.6 Å². The van der Waals surface area contributed by atoms with E-state index in [1.807, 2.05) is 0 Å². The summed E-state index contributed by atoms with van der Waals surface area (Å²) in [4.78, 5) is 0.179. The molecule has 0 atom stereocenters. The Morgan fingerprint density at radius 2 is 2.32 bits per heavy atom. The molecule has 1 aromatic carbocycles. The number of halogens is 1. The van der Waals surface area contributed by atoms with E-state index in [0.29, 0.717) is 12.1 Å². The van der Waals surface area contributed by atoms with Crippen LogP contribution >= 0.6 is 12.2 Å². The molecule has 0 aliphatic heterocycles. The number of rotatable bonds is 6. The molecule has 5 nitrogen and oxygen atoms in total. The van der Waals surface area contributed by atoms with E-state index in [9.17, 15) is 4.39 Å². The first kappa shape index (κ1) is 13.4. The fraction of sp³-hybridized carbons (Fsp3) is 0.250. The van der Waals surface area contributed by atoms with Crippen molar-refractivity contribution >= 4 is 22.9 Å². The molecule has 100 valence electrons. The maximum absolute atomic E-state index is 13.1. The zero-order valence-corrected chi connectivity index (χ0v) is 11.0. The molecule has 0 saturated carbocycles. The molecule has 0 unspecified atom stereocenters. The third-order valence-electron chi connectivity index (χ3n) is 2.60. The van der Waals surface area contributed by atoms with Gasteiger partial charge in [-0.3, -0.25) is 4.68 Å². The van der Waals surface area contributed by atoms with Crippen molar-refractivity contribution < 1.29 is 4.39 Å². The number of anilines is 1. The average Bonchev–Trinajstić information content (AvgIpc) is 2.89. The number of aromatic nitrogens is 3. The summed E-state index contributed by atoms with van der Waals surface area (Å²) in [5, 5.41) is 10.8. The molecule has 7 heteroatoms. The van der Waals surface area contributed by atoms with Crippen LogP contribution in [0.3, 0.4) is 0 Å². The lowest BCUT2D eigenvalue weighted by Gasteiger charge is -2.11. The van der Waals surface area contributed by atoms with Gasteiger partial charge >= 0.3 is 0 Å². The number of benzene rings is 1. The van der Waals surface area contributed by atoms with Gasteiger partial charge in [0.05, 0.1) is 6.20 Å². The largest absolute Gasteiger partial charge is 0.389 e. The van der Waals surface area contributed by atoms with E-state index in [0.717, 1.165) is 18.7 Å². The van der Waals surface area contributed by atoms with Crippen molar-refractivity contribution in [3.63, 3.8) is 0 Å². The fourth-order valence-electron chi connectivity index (χ4n) is 1.69. The summed E-state index contributed by atoms with van der Waals surface area (Å²) in [5.74, 6) is -0.351. The molecule has 0 radical (unpaired) electrons. The lowest BCUT2D eigenvalue weighted by Crippen LogP contribution is -2.15. The molecule has 3 N–H and O–H groups in total. The first-order valence-corrected chi connectivity index (χ1v) is 6.25. The van der Waals surface area contributed by atoms with Gasteiger partial charge in [0.2, 0.25) is 0 Å². The number of hydrogen-bond acceptors (Lipinski definition) is 4. The molecule has 0 bridgehead atoms. The summed E-state index contributed by atoms with van der Waals surface area (Å²) >= 11 is 4.90. The number of nitrogens with one attached hydrogen (secondary N) is 1. The predicted octanol–water partition coefficient (Wildman–Crippen LogP) is 1.55. The quantitative estimate of drug-likeness (QED) is 0.620. The molecule has 0 saturated heterocycles. The third kappa shape index (κ3) is 3.72. The highest BCUT2D eigenvalue weighted by Gasteiger charge is 2.06. The Bertz CT molecular complexity index is 555. The zero-order valence-electron chi connectivity index (χ0n) is 10.2. The Morgan fingerprint density at radius 1 is 1.47 bits per heavy atom. The van der Waals surface area contributed by atoms with Crippen LogP contribution in [0.15, 0.2) is 30.6 Å². The summed E-state index contributed by atoms with van der Waals surface area (Å²) in [6.45, 7) is 1.47. The van der Waals surface area contributed by atoms with Gasteiger partial charge in [-0.2, -0.15) is 0 Å². The van der Waals surface area contributed by atoms with Gasteiger partial charge in [-0.25, -0.2) is 4.39 Å². The van der Waals surface area contributed by atoms with E-state index in [1.54, 1.807) is 23.1 Å². The Kier molecular flexibility index (Phi) is 4.40. The maximum atomic E-state index is 13.1. The van der Waals surface area contributed by atoms with Gasteiger partial charge in [-0.1, -0.05) is 17.4 Å². The second-order valence-electron chi connectivity index (χ2n) is 4.00. The van der Waals surface area contributed by atoms with Crippen LogP contribution < -0.4 is 11.1 Å². The second-order valence-corrected chi connectivity index (χ2v) is 4.44. The number of hydrogen-bond donors (Lipinski definition) is 2. The summed E-state index contributed by atoms with van der Waals surface area (Å²) in [6.07, 6.45) is 4.30. The molecule has 19 heavy (non-hydrogen) atoms. The minimum absolute atomic E-state index is 0.179. The zero-order chi connectivity index (χ0) is 13.7. The molecular weight excluding hydrogens is 265 g/mol. The van der Waals surface area contributed by atoms with Gasteiger partial charge in [0.25, 0.3) is 0 Å². The first-order valence-electron chi connectivity index (χ1n) is 5.84. The van der Waals surface area contributed by atoms with Crippen LogP contribution in [0.2, 0.25) is 0 Å². The van der Waals surface area contributed by atoms with Crippen molar-refractivity contribution in [2.75, 3.05) is 11.9 Å². The van der Waals surface area contributed by atoms with Crippen molar-refractivity contribution in [2.45, 2.75) is 13.0 Å². The summed E-state index contributed by atoms with van der Waals surface area (Å²) in [5.41, 5.74) is 6.83. The van der Waals surface area contributed by atoms with Crippen molar-refractivity contribution in [1.82, 2.24) is 15.0 Å². The minimum atomic E-state index is -0.351. The third-order valence-corrected chi connectivity index (χ3v) is 2.82. The molecule has 2 rings (SSSR count). The highest BCUT2D eigenvalue weighted by atomic mass is 32.1. The van der Waals surface area contributed by atoms with Gasteiger partial charge in [0, 0.05) is 30.5 Å². The Morgan fingerprint density at radius 3 is 3.00 bits per heavy atom. The van der Waals surface area contributed by atoms with Gasteiger partial charge < -0.3 is 11.1 Å². The molecule has 0 aliphatic rings. The maximum Gasteiger partial charge on any atom is 0.124 e. The summed E-state index contributed by atoms with van der Waals surface area (Å²) in [7, 11) is 0. The van der Waals surface area contributed by atoms with Crippen LogP contribution in [0.4, 0.5) is 10.1 Å². The van der Waals surface area contributed by atoms with E-state index in [-0.39, 0.29) is 10.8 Å². The SMILES string of the molecule is NC(=S)c1cc(F)ccc1NCCCn1ccnn1. The topological polar surface area (TPSA) is 68.8 Å². The monoisotopic (exact) mass is 279 g/mol. The van der Waals surface area contributed by atoms with Gasteiger partial charge in [0.15, 0.2) is 0 Å². The van der Waals surface area contributed by atoms with Gasteiger partial charge in [0.1, 0.15) is 10.8 Å². The summed E-state index contributed by atoms with van der Waals surface area (Å²) in [6, 6.07) is 4.35.